The average Bonchev–Trinajstić information content (AvgIpc) is 2.42. The number of hydrogen-bond donors (Lipinski definition) is 1. The highest BCUT2D eigenvalue weighted by molar-refractivity contribution is 5.21. The van der Waals surface area contributed by atoms with Gasteiger partial charge in [0.15, 0.2) is 0 Å². The van der Waals surface area contributed by atoms with Crippen molar-refractivity contribution >= 4 is 0 Å². The van der Waals surface area contributed by atoms with E-state index in [1.807, 2.05) is 37.3 Å². The molecule has 0 spiro atoms. The van der Waals surface area contributed by atoms with E-state index in [0.717, 1.165) is 5.56 Å². The molecule has 3 heteroatoms. The van der Waals surface area contributed by atoms with E-state index in [1.54, 1.807) is 18.2 Å². The lowest BCUT2D eigenvalue weighted by Gasteiger charge is -2.22. The summed E-state index contributed by atoms with van der Waals surface area (Å²) < 4.78 is 19.6. The van der Waals surface area contributed by atoms with Crippen molar-refractivity contribution in [3.05, 3.63) is 71.5 Å². The number of benzene rings is 2. The summed E-state index contributed by atoms with van der Waals surface area (Å²) in [5.41, 5.74) is 7.46. The Hall–Kier alpha value is -1.71. The molecule has 0 aliphatic carbocycles. The van der Waals surface area contributed by atoms with Crippen molar-refractivity contribution in [3.63, 3.8) is 0 Å². The van der Waals surface area contributed by atoms with E-state index >= 15 is 0 Å². The fourth-order valence-electron chi connectivity index (χ4n) is 1.99. The van der Waals surface area contributed by atoms with E-state index in [2.05, 4.69) is 0 Å². The van der Waals surface area contributed by atoms with Gasteiger partial charge >= 0.3 is 0 Å². The van der Waals surface area contributed by atoms with Crippen molar-refractivity contribution in [2.24, 2.45) is 5.73 Å². The Bertz CT molecular complexity index is 513. The zero-order valence-corrected chi connectivity index (χ0v) is 10.9. The molecule has 19 heavy (non-hydrogen) atoms. The fourth-order valence-corrected chi connectivity index (χ4v) is 1.99. The summed E-state index contributed by atoms with van der Waals surface area (Å²) in [6.07, 6.45) is -0.443. The predicted octanol–water partition coefficient (Wildman–Crippen LogP) is 3.43. The average molecular weight is 259 g/mol. The van der Waals surface area contributed by atoms with Crippen LogP contribution >= 0.6 is 0 Å². The molecule has 2 aromatic carbocycles. The summed E-state index contributed by atoms with van der Waals surface area (Å²) in [5.74, 6) is -0.280. The summed E-state index contributed by atoms with van der Waals surface area (Å²) >= 11 is 0. The normalized spacial score (nSPS) is 14.1. The van der Waals surface area contributed by atoms with Crippen LogP contribution in [0.3, 0.4) is 0 Å². The molecule has 0 aliphatic rings. The summed E-state index contributed by atoms with van der Waals surface area (Å²) in [5, 5.41) is 0. The van der Waals surface area contributed by atoms with Crippen LogP contribution in [0.25, 0.3) is 0 Å². The Balaban J connectivity index is 2.12. The first-order chi connectivity index (χ1) is 9.18. The second-order valence-corrected chi connectivity index (χ2v) is 4.60. The molecule has 0 fully saturated rings. The van der Waals surface area contributed by atoms with Gasteiger partial charge in [-0.1, -0.05) is 48.5 Å². The van der Waals surface area contributed by atoms with E-state index in [9.17, 15) is 4.39 Å². The molecule has 2 unspecified atom stereocenters. The molecule has 2 rings (SSSR count). The van der Waals surface area contributed by atoms with Gasteiger partial charge in [0.25, 0.3) is 0 Å². The molecular weight excluding hydrogens is 241 g/mol. The fraction of sp³-hybridized carbons (Fsp3) is 0.250. The first-order valence-corrected chi connectivity index (χ1v) is 6.34. The maximum Gasteiger partial charge on any atom is 0.129 e. The van der Waals surface area contributed by atoms with Crippen molar-refractivity contribution in [1.82, 2.24) is 0 Å². The quantitative estimate of drug-likeness (QED) is 0.892. The van der Waals surface area contributed by atoms with E-state index in [0.29, 0.717) is 12.2 Å². The number of rotatable bonds is 5. The Morgan fingerprint density at radius 1 is 1.05 bits per heavy atom. The van der Waals surface area contributed by atoms with Crippen molar-refractivity contribution < 1.29 is 9.13 Å². The molecule has 0 radical (unpaired) electrons. The maximum absolute atomic E-state index is 13.8. The molecule has 2 nitrogen and oxygen atoms in total. The van der Waals surface area contributed by atoms with Gasteiger partial charge in [0.2, 0.25) is 0 Å². The van der Waals surface area contributed by atoms with Gasteiger partial charge in [-0.15, -0.1) is 0 Å². The molecule has 100 valence electrons. The Morgan fingerprint density at radius 3 is 2.32 bits per heavy atom. The smallest absolute Gasteiger partial charge is 0.129 e. The van der Waals surface area contributed by atoms with Crippen LogP contribution in [0.4, 0.5) is 4.39 Å². The van der Waals surface area contributed by atoms with Gasteiger partial charge in [0.1, 0.15) is 11.9 Å². The van der Waals surface area contributed by atoms with Gasteiger partial charge in [0.05, 0.1) is 6.61 Å². The first-order valence-electron chi connectivity index (χ1n) is 6.34. The minimum absolute atomic E-state index is 0.277. The highest BCUT2D eigenvalue weighted by Crippen LogP contribution is 2.24. The molecule has 2 N–H and O–H groups in total. The lowest BCUT2D eigenvalue weighted by Crippen LogP contribution is -2.27. The molecule has 0 amide bonds. The minimum atomic E-state index is -0.443. The molecule has 2 aromatic rings. The topological polar surface area (TPSA) is 35.2 Å². The van der Waals surface area contributed by atoms with Gasteiger partial charge in [-0.25, -0.2) is 4.39 Å². The van der Waals surface area contributed by atoms with Gasteiger partial charge in [-0.05, 0) is 18.6 Å². The third-order valence-electron chi connectivity index (χ3n) is 2.96. The van der Waals surface area contributed by atoms with Crippen LogP contribution in [0.1, 0.15) is 24.2 Å². The molecule has 0 heterocycles. The van der Waals surface area contributed by atoms with Crippen LogP contribution in [-0.2, 0) is 11.3 Å². The highest BCUT2D eigenvalue weighted by Gasteiger charge is 2.20. The molecule has 0 aromatic heterocycles. The summed E-state index contributed by atoms with van der Waals surface area (Å²) in [4.78, 5) is 0. The van der Waals surface area contributed by atoms with Crippen LogP contribution in [0, 0.1) is 5.82 Å². The second-order valence-electron chi connectivity index (χ2n) is 4.60. The van der Waals surface area contributed by atoms with Crippen LogP contribution in [-0.4, -0.2) is 6.04 Å². The Labute approximate surface area is 113 Å². The Kier molecular flexibility index (Phi) is 4.66. The van der Waals surface area contributed by atoms with Crippen molar-refractivity contribution in [1.29, 1.82) is 0 Å². The van der Waals surface area contributed by atoms with Crippen LogP contribution in [0.5, 0.6) is 0 Å². The number of nitrogens with two attached hydrogens (primary N) is 1. The molecule has 0 saturated heterocycles. The minimum Gasteiger partial charge on any atom is -0.367 e. The SMILES string of the molecule is CC(N)C(OCc1ccccc1)c1ccccc1F. The third kappa shape index (κ3) is 3.63. The summed E-state index contributed by atoms with van der Waals surface area (Å²) in [7, 11) is 0. The summed E-state index contributed by atoms with van der Waals surface area (Å²) in [6.45, 7) is 2.24. The lowest BCUT2D eigenvalue weighted by molar-refractivity contribution is 0.0236. The Morgan fingerprint density at radius 2 is 1.68 bits per heavy atom. The molecule has 0 aliphatic heterocycles. The van der Waals surface area contributed by atoms with Gasteiger partial charge in [-0.2, -0.15) is 0 Å². The second kappa shape index (κ2) is 6.45. The van der Waals surface area contributed by atoms with Gasteiger partial charge in [-0.3, -0.25) is 0 Å². The largest absolute Gasteiger partial charge is 0.367 e. The number of ether oxygens (including phenoxy) is 1. The lowest BCUT2D eigenvalue weighted by atomic mass is 10.0. The third-order valence-corrected chi connectivity index (χ3v) is 2.96. The van der Waals surface area contributed by atoms with E-state index in [4.69, 9.17) is 10.5 Å². The first kappa shape index (κ1) is 13.7. The molecule has 0 saturated carbocycles. The van der Waals surface area contributed by atoms with Crippen molar-refractivity contribution in [2.45, 2.75) is 25.7 Å². The van der Waals surface area contributed by atoms with Crippen LogP contribution in [0.2, 0.25) is 0 Å². The van der Waals surface area contributed by atoms with E-state index in [1.165, 1.54) is 6.07 Å². The van der Waals surface area contributed by atoms with Crippen molar-refractivity contribution in [2.75, 3.05) is 0 Å². The molecule has 2 atom stereocenters. The molecular formula is C16H18FNO. The standard InChI is InChI=1S/C16H18FNO/c1-12(18)16(14-9-5-6-10-15(14)17)19-11-13-7-3-2-4-8-13/h2-10,12,16H,11,18H2,1H3. The predicted molar refractivity (Wildman–Crippen MR) is 74.0 cm³/mol. The van der Waals surface area contributed by atoms with Gasteiger partial charge in [0, 0.05) is 11.6 Å². The van der Waals surface area contributed by atoms with E-state index in [-0.39, 0.29) is 11.9 Å². The highest BCUT2D eigenvalue weighted by atomic mass is 19.1. The zero-order valence-electron chi connectivity index (χ0n) is 10.9. The maximum atomic E-state index is 13.8. The van der Waals surface area contributed by atoms with Crippen LogP contribution < -0.4 is 5.73 Å². The molecule has 0 bridgehead atoms. The van der Waals surface area contributed by atoms with Gasteiger partial charge < -0.3 is 10.5 Å². The zero-order chi connectivity index (χ0) is 13.7. The van der Waals surface area contributed by atoms with Crippen LogP contribution in [0.15, 0.2) is 54.6 Å². The monoisotopic (exact) mass is 259 g/mol. The number of hydrogen-bond acceptors (Lipinski definition) is 2. The summed E-state index contributed by atoms with van der Waals surface area (Å²) in [6, 6.07) is 16.1. The number of halogens is 1. The van der Waals surface area contributed by atoms with Crippen molar-refractivity contribution in [3.8, 4) is 0 Å². The van der Waals surface area contributed by atoms with E-state index < -0.39 is 6.10 Å².